The number of aliphatic carboxylic acids is 1. The Bertz CT molecular complexity index is 284. The van der Waals surface area contributed by atoms with Gasteiger partial charge in [-0.3, -0.25) is 9.59 Å². The largest absolute Gasteiger partial charge is 0.480 e. The predicted molar refractivity (Wildman–Crippen MR) is 93.6 cm³/mol. The average Bonchev–Trinajstić information content (AvgIpc) is 2.56. The second-order valence-corrected chi connectivity index (χ2v) is 3.76. The molecule has 0 aliphatic carbocycles. The fourth-order valence-electron chi connectivity index (χ4n) is 1.06. The Hall–Kier alpha value is -1.79. The Balaban J connectivity index is -0.000000222. The summed E-state index contributed by atoms with van der Waals surface area (Å²) in [6.45, 7) is 13.8. The zero-order valence-electron chi connectivity index (χ0n) is 16.1. The van der Waals surface area contributed by atoms with E-state index in [9.17, 15) is 14.4 Å². The van der Waals surface area contributed by atoms with Gasteiger partial charge in [0.15, 0.2) is 0 Å². The van der Waals surface area contributed by atoms with E-state index in [4.69, 9.17) is 5.11 Å². The number of carboxylic acid groups (broad SMARTS) is 1. The second kappa shape index (κ2) is 25.2. The van der Waals surface area contributed by atoms with Crippen LogP contribution in [-0.4, -0.2) is 54.7 Å². The number of ether oxygens (including phenoxy) is 1. The summed E-state index contributed by atoms with van der Waals surface area (Å²) in [7, 11) is 1.18. The number of carboxylic acids is 1. The number of nitrogens with one attached hydrogen (secondary N) is 1. The van der Waals surface area contributed by atoms with Gasteiger partial charge in [0.25, 0.3) is 0 Å². The fraction of sp³-hybridized carbons (Fsp3) is 0.812. The molecule has 0 atom stereocenters. The highest BCUT2D eigenvalue weighted by molar-refractivity contribution is 5.85. The van der Waals surface area contributed by atoms with Crippen LogP contribution in [0.15, 0.2) is 0 Å². The normalized spacial score (nSPS) is 7.83. The molecule has 0 aliphatic rings. The van der Waals surface area contributed by atoms with Crippen molar-refractivity contribution in [3.8, 4) is 0 Å². The third-order valence-corrected chi connectivity index (χ3v) is 1.74. The van der Waals surface area contributed by atoms with Gasteiger partial charge in [0.2, 0.25) is 5.91 Å². The molecule has 0 saturated carbocycles. The Labute approximate surface area is 141 Å². The minimum Gasteiger partial charge on any atom is -0.480 e. The zero-order valence-corrected chi connectivity index (χ0v) is 16.1. The summed E-state index contributed by atoms with van der Waals surface area (Å²) in [6.07, 6.45) is 1.18. The van der Waals surface area contributed by atoms with E-state index in [-0.39, 0.29) is 13.1 Å². The minimum atomic E-state index is -1.08. The molecular formula is C16H36N2O5. The molecule has 140 valence electrons. The number of rotatable bonds is 6. The van der Waals surface area contributed by atoms with Crippen LogP contribution < -0.4 is 5.32 Å². The Morgan fingerprint density at radius 1 is 1.04 bits per heavy atom. The number of methoxy groups -OCH3 is 1. The Morgan fingerprint density at radius 3 is 1.78 bits per heavy atom. The molecule has 0 radical (unpaired) electrons. The van der Waals surface area contributed by atoms with E-state index in [1.54, 1.807) is 0 Å². The lowest BCUT2D eigenvalue weighted by atomic mass is 10.3. The standard InChI is InChI=1S/C9H16N2O5.C3H8.2C2H6/c1-3-4-11(6-8(13)14)7(12)5-10-9(15)16-2;1-3-2;2*1-2/h3-6H2,1-2H3,(H,10,15)(H,13,14);3H2,1-2H3;2*1-2H3. The number of carbonyl (C=O) groups excluding carboxylic acids is 2. The molecule has 0 aliphatic heterocycles. The van der Waals surface area contributed by atoms with Crippen LogP contribution in [0.3, 0.4) is 0 Å². The van der Waals surface area contributed by atoms with Crippen LogP contribution in [-0.2, 0) is 14.3 Å². The van der Waals surface area contributed by atoms with Gasteiger partial charge in [0.1, 0.15) is 13.1 Å². The molecule has 0 unspecified atom stereocenters. The van der Waals surface area contributed by atoms with Crippen LogP contribution in [0.2, 0.25) is 0 Å². The van der Waals surface area contributed by atoms with Gasteiger partial charge in [0.05, 0.1) is 7.11 Å². The van der Waals surface area contributed by atoms with Crippen LogP contribution in [0.4, 0.5) is 4.79 Å². The molecule has 2 amide bonds. The lowest BCUT2D eigenvalue weighted by Gasteiger charge is -2.19. The van der Waals surface area contributed by atoms with E-state index < -0.39 is 18.0 Å². The maximum absolute atomic E-state index is 11.5. The van der Waals surface area contributed by atoms with E-state index in [1.807, 2.05) is 34.6 Å². The predicted octanol–water partition coefficient (Wildman–Crippen LogP) is 3.13. The number of hydrogen-bond acceptors (Lipinski definition) is 4. The van der Waals surface area contributed by atoms with Gasteiger partial charge in [0, 0.05) is 6.54 Å². The van der Waals surface area contributed by atoms with Crippen molar-refractivity contribution in [3.05, 3.63) is 0 Å². The maximum atomic E-state index is 11.5. The summed E-state index contributed by atoms with van der Waals surface area (Å²) in [4.78, 5) is 33.8. The van der Waals surface area contributed by atoms with Crippen molar-refractivity contribution in [1.29, 1.82) is 0 Å². The smallest absolute Gasteiger partial charge is 0.407 e. The first kappa shape index (κ1) is 29.2. The van der Waals surface area contributed by atoms with Crippen molar-refractivity contribution in [1.82, 2.24) is 10.2 Å². The van der Waals surface area contributed by atoms with Gasteiger partial charge in [-0.25, -0.2) is 4.79 Å². The number of nitrogens with zero attached hydrogens (tertiary/aromatic N) is 1. The minimum absolute atomic E-state index is 0.264. The summed E-state index contributed by atoms with van der Waals surface area (Å²) < 4.78 is 4.28. The van der Waals surface area contributed by atoms with E-state index in [2.05, 4.69) is 23.9 Å². The van der Waals surface area contributed by atoms with Crippen LogP contribution in [0.25, 0.3) is 0 Å². The molecule has 0 bridgehead atoms. The number of hydrogen-bond donors (Lipinski definition) is 2. The van der Waals surface area contributed by atoms with E-state index in [0.717, 1.165) is 4.90 Å². The molecule has 0 saturated heterocycles. The second-order valence-electron chi connectivity index (χ2n) is 3.76. The Morgan fingerprint density at radius 2 is 1.48 bits per heavy atom. The average molecular weight is 336 g/mol. The number of carbonyl (C=O) groups is 3. The molecule has 0 aromatic rings. The summed E-state index contributed by atoms with van der Waals surface area (Å²) >= 11 is 0. The van der Waals surface area contributed by atoms with E-state index in [1.165, 1.54) is 13.5 Å². The van der Waals surface area contributed by atoms with E-state index in [0.29, 0.717) is 13.0 Å². The van der Waals surface area contributed by atoms with Gasteiger partial charge >= 0.3 is 12.1 Å². The van der Waals surface area contributed by atoms with Crippen LogP contribution in [0.1, 0.15) is 61.3 Å². The first-order valence-corrected chi connectivity index (χ1v) is 8.24. The third kappa shape index (κ3) is 25.5. The molecule has 0 fully saturated rings. The SMILES string of the molecule is CC.CC.CCC.CCCN(CC(=O)O)C(=O)CNC(=O)OC. The molecular weight excluding hydrogens is 300 g/mol. The molecule has 7 heteroatoms. The highest BCUT2D eigenvalue weighted by Crippen LogP contribution is 1.92. The monoisotopic (exact) mass is 336 g/mol. The first-order valence-electron chi connectivity index (χ1n) is 8.24. The summed E-state index contributed by atoms with van der Waals surface area (Å²) in [5.41, 5.74) is 0. The van der Waals surface area contributed by atoms with Gasteiger partial charge in [-0.15, -0.1) is 0 Å². The Kier molecular flexibility index (Phi) is 32.0. The zero-order chi connectivity index (χ0) is 19.3. The highest BCUT2D eigenvalue weighted by Gasteiger charge is 2.16. The summed E-state index contributed by atoms with van der Waals surface area (Å²) in [5.74, 6) is -1.53. The molecule has 0 rings (SSSR count). The molecule has 0 spiro atoms. The van der Waals surface area contributed by atoms with Crippen molar-refractivity contribution in [2.45, 2.75) is 61.3 Å². The van der Waals surface area contributed by atoms with Gasteiger partial charge in [-0.2, -0.15) is 0 Å². The molecule has 23 heavy (non-hydrogen) atoms. The molecule has 0 aromatic carbocycles. The first-order chi connectivity index (χ1) is 10.9. The van der Waals surface area contributed by atoms with Crippen molar-refractivity contribution >= 4 is 18.0 Å². The van der Waals surface area contributed by atoms with Crippen LogP contribution in [0, 0.1) is 0 Å². The molecule has 0 aromatic heterocycles. The summed E-state index contributed by atoms with van der Waals surface area (Å²) in [5, 5.41) is 10.8. The summed E-state index contributed by atoms with van der Waals surface area (Å²) in [6, 6.07) is 0. The van der Waals surface area contributed by atoms with Gasteiger partial charge in [-0.05, 0) is 6.42 Å². The van der Waals surface area contributed by atoms with Gasteiger partial charge in [-0.1, -0.05) is 54.9 Å². The van der Waals surface area contributed by atoms with Crippen molar-refractivity contribution in [2.24, 2.45) is 0 Å². The number of amides is 2. The topological polar surface area (TPSA) is 95.9 Å². The fourth-order valence-corrected chi connectivity index (χ4v) is 1.06. The number of alkyl carbamates (subject to hydrolysis) is 1. The van der Waals surface area contributed by atoms with E-state index >= 15 is 0 Å². The van der Waals surface area contributed by atoms with Crippen LogP contribution >= 0.6 is 0 Å². The quantitative estimate of drug-likeness (QED) is 0.777. The van der Waals surface area contributed by atoms with Crippen molar-refractivity contribution in [2.75, 3.05) is 26.7 Å². The van der Waals surface area contributed by atoms with Crippen LogP contribution in [0.5, 0.6) is 0 Å². The molecule has 0 heterocycles. The lowest BCUT2D eigenvalue weighted by Crippen LogP contribution is -2.42. The molecule has 7 nitrogen and oxygen atoms in total. The van der Waals surface area contributed by atoms with Crippen molar-refractivity contribution in [3.63, 3.8) is 0 Å². The maximum Gasteiger partial charge on any atom is 0.407 e. The van der Waals surface area contributed by atoms with Crippen molar-refractivity contribution < 1.29 is 24.2 Å². The third-order valence-electron chi connectivity index (χ3n) is 1.74. The molecule has 2 N–H and O–H groups in total. The lowest BCUT2D eigenvalue weighted by molar-refractivity contribution is -0.144. The highest BCUT2D eigenvalue weighted by atomic mass is 16.5. The van der Waals surface area contributed by atoms with Gasteiger partial charge < -0.3 is 20.1 Å².